The quantitative estimate of drug-likeness (QED) is 0.821. The number of para-hydroxylation sites is 1. The maximum absolute atomic E-state index is 14.3. The van der Waals surface area contributed by atoms with Crippen LogP contribution in [0.15, 0.2) is 42.5 Å². The number of halogens is 1. The normalized spacial score (nSPS) is 14.4. The first kappa shape index (κ1) is 14.9. The minimum Gasteiger partial charge on any atom is -0.369 e. The number of nitrogens with one attached hydrogen (secondary N) is 2. The average Bonchev–Trinajstić information content (AvgIpc) is 3.05. The molecule has 3 nitrogen and oxygen atoms in total. The van der Waals surface area contributed by atoms with Gasteiger partial charge >= 0.3 is 0 Å². The molecule has 1 aliphatic rings. The third kappa shape index (κ3) is 3.39. The second-order valence-electron chi connectivity index (χ2n) is 5.77. The van der Waals surface area contributed by atoms with Gasteiger partial charge in [0, 0.05) is 25.3 Å². The Morgan fingerprint density at radius 1 is 1.09 bits per heavy atom. The van der Waals surface area contributed by atoms with Crippen LogP contribution in [-0.4, -0.2) is 13.1 Å². The molecule has 116 valence electrons. The first-order chi connectivity index (χ1) is 10.7. The number of hydrogen-bond donors (Lipinski definition) is 2. The van der Waals surface area contributed by atoms with E-state index in [2.05, 4.69) is 15.8 Å². The molecule has 4 heteroatoms. The molecule has 1 heterocycles. The molecule has 0 radical (unpaired) electrons. The van der Waals surface area contributed by atoms with Crippen molar-refractivity contribution < 1.29 is 4.39 Å². The fourth-order valence-electron chi connectivity index (χ4n) is 2.86. The van der Waals surface area contributed by atoms with Crippen LogP contribution in [0.5, 0.6) is 0 Å². The van der Waals surface area contributed by atoms with Crippen LogP contribution < -0.4 is 15.8 Å². The summed E-state index contributed by atoms with van der Waals surface area (Å²) in [5, 5.41) is 0. The van der Waals surface area contributed by atoms with Crippen molar-refractivity contribution in [1.29, 1.82) is 0 Å². The molecule has 2 aromatic carbocycles. The standard InChI is InChI=1S/C18H22FN3/c1-14-11-18(22-9-5-6-10-22)17(19)12-15(14)13-20-21-16-7-3-2-4-8-16/h2-4,7-8,11-12,20-21H,5-6,9-10,13H2,1H3. The van der Waals surface area contributed by atoms with Crippen LogP contribution in [0.4, 0.5) is 15.8 Å². The van der Waals surface area contributed by atoms with Crippen LogP contribution in [0.2, 0.25) is 0 Å². The Hall–Kier alpha value is -2.07. The van der Waals surface area contributed by atoms with Gasteiger partial charge in [0.1, 0.15) is 5.82 Å². The molecule has 1 fully saturated rings. The number of anilines is 2. The first-order valence-electron chi connectivity index (χ1n) is 7.82. The van der Waals surface area contributed by atoms with Crippen LogP contribution in [0, 0.1) is 12.7 Å². The van der Waals surface area contributed by atoms with E-state index in [-0.39, 0.29) is 5.82 Å². The monoisotopic (exact) mass is 299 g/mol. The largest absolute Gasteiger partial charge is 0.369 e. The van der Waals surface area contributed by atoms with Gasteiger partial charge in [0.25, 0.3) is 0 Å². The van der Waals surface area contributed by atoms with Gasteiger partial charge in [-0.1, -0.05) is 18.2 Å². The molecule has 1 saturated heterocycles. The lowest BCUT2D eigenvalue weighted by Crippen LogP contribution is -2.22. The molecule has 22 heavy (non-hydrogen) atoms. The average molecular weight is 299 g/mol. The van der Waals surface area contributed by atoms with Gasteiger partial charge in [-0.25, -0.2) is 9.82 Å². The molecule has 0 aliphatic carbocycles. The van der Waals surface area contributed by atoms with E-state index < -0.39 is 0 Å². The molecule has 0 amide bonds. The molecule has 3 rings (SSSR count). The van der Waals surface area contributed by atoms with Crippen LogP contribution in [-0.2, 0) is 6.54 Å². The van der Waals surface area contributed by atoms with E-state index >= 15 is 0 Å². The Morgan fingerprint density at radius 3 is 2.55 bits per heavy atom. The number of hydrazine groups is 1. The van der Waals surface area contributed by atoms with E-state index in [1.54, 1.807) is 6.07 Å². The maximum atomic E-state index is 14.3. The summed E-state index contributed by atoms with van der Waals surface area (Å²) in [6.45, 7) is 4.55. The molecule has 0 unspecified atom stereocenters. The van der Waals surface area contributed by atoms with E-state index in [0.717, 1.165) is 48.4 Å². The smallest absolute Gasteiger partial charge is 0.146 e. The topological polar surface area (TPSA) is 27.3 Å². The summed E-state index contributed by atoms with van der Waals surface area (Å²) in [7, 11) is 0. The zero-order valence-corrected chi connectivity index (χ0v) is 12.9. The summed E-state index contributed by atoms with van der Waals surface area (Å²) in [6.07, 6.45) is 2.31. The molecule has 0 aromatic heterocycles. The predicted octanol–water partition coefficient (Wildman–Crippen LogP) is 3.85. The molecule has 0 spiro atoms. The third-order valence-corrected chi connectivity index (χ3v) is 4.14. The van der Waals surface area contributed by atoms with Crippen molar-refractivity contribution in [2.45, 2.75) is 26.3 Å². The van der Waals surface area contributed by atoms with Crippen LogP contribution in [0.25, 0.3) is 0 Å². The summed E-state index contributed by atoms with van der Waals surface area (Å²) in [5.41, 5.74) is 10.1. The lowest BCUT2D eigenvalue weighted by Gasteiger charge is -2.20. The SMILES string of the molecule is Cc1cc(N2CCCC2)c(F)cc1CNNc1ccccc1. The fourth-order valence-corrected chi connectivity index (χ4v) is 2.86. The number of hydrogen-bond acceptors (Lipinski definition) is 3. The highest BCUT2D eigenvalue weighted by molar-refractivity contribution is 5.53. The van der Waals surface area contributed by atoms with Crippen LogP contribution in [0.1, 0.15) is 24.0 Å². The van der Waals surface area contributed by atoms with E-state index in [1.165, 1.54) is 0 Å². The fraction of sp³-hybridized carbons (Fsp3) is 0.333. The first-order valence-corrected chi connectivity index (χ1v) is 7.82. The minimum atomic E-state index is -0.121. The Bertz CT molecular complexity index is 622. The van der Waals surface area contributed by atoms with Gasteiger partial charge < -0.3 is 10.3 Å². The van der Waals surface area contributed by atoms with Gasteiger partial charge in [-0.3, -0.25) is 0 Å². The number of rotatable bonds is 5. The zero-order chi connectivity index (χ0) is 15.4. The van der Waals surface area contributed by atoms with E-state index in [9.17, 15) is 4.39 Å². The Kier molecular flexibility index (Phi) is 4.59. The lowest BCUT2D eigenvalue weighted by molar-refractivity contribution is 0.618. The van der Waals surface area contributed by atoms with E-state index in [1.807, 2.05) is 43.3 Å². The van der Waals surface area contributed by atoms with Crippen molar-refractivity contribution in [2.24, 2.45) is 0 Å². The van der Waals surface area contributed by atoms with Gasteiger partial charge in [-0.2, -0.15) is 0 Å². The maximum Gasteiger partial charge on any atom is 0.146 e. The molecule has 1 aliphatic heterocycles. The van der Waals surface area contributed by atoms with Crippen molar-refractivity contribution in [3.8, 4) is 0 Å². The number of nitrogens with zero attached hydrogens (tertiary/aromatic N) is 1. The van der Waals surface area contributed by atoms with Gasteiger partial charge in [0.15, 0.2) is 0 Å². The predicted molar refractivity (Wildman–Crippen MR) is 89.5 cm³/mol. The molecule has 2 N–H and O–H groups in total. The third-order valence-electron chi connectivity index (χ3n) is 4.14. The highest BCUT2D eigenvalue weighted by Gasteiger charge is 2.17. The molecular formula is C18H22FN3. The highest BCUT2D eigenvalue weighted by Crippen LogP contribution is 2.26. The number of benzene rings is 2. The Labute approximate surface area is 131 Å². The van der Waals surface area contributed by atoms with Crippen molar-refractivity contribution >= 4 is 11.4 Å². The van der Waals surface area contributed by atoms with Gasteiger partial charge in [0.2, 0.25) is 0 Å². The van der Waals surface area contributed by atoms with Gasteiger partial charge in [0.05, 0.1) is 5.69 Å². The second kappa shape index (κ2) is 6.79. The van der Waals surface area contributed by atoms with Crippen LogP contribution >= 0.6 is 0 Å². The van der Waals surface area contributed by atoms with Gasteiger partial charge in [-0.15, -0.1) is 0 Å². The second-order valence-corrected chi connectivity index (χ2v) is 5.77. The van der Waals surface area contributed by atoms with Crippen molar-refractivity contribution in [3.05, 3.63) is 59.4 Å². The lowest BCUT2D eigenvalue weighted by atomic mass is 10.1. The zero-order valence-electron chi connectivity index (χ0n) is 12.9. The molecule has 0 bridgehead atoms. The molecule has 2 aromatic rings. The Balaban J connectivity index is 1.65. The van der Waals surface area contributed by atoms with Crippen LogP contribution in [0.3, 0.4) is 0 Å². The van der Waals surface area contributed by atoms with Crippen molar-refractivity contribution in [1.82, 2.24) is 5.43 Å². The van der Waals surface area contributed by atoms with E-state index in [4.69, 9.17) is 0 Å². The molecule has 0 atom stereocenters. The summed E-state index contributed by atoms with van der Waals surface area (Å²) < 4.78 is 14.3. The molecular weight excluding hydrogens is 277 g/mol. The summed E-state index contributed by atoms with van der Waals surface area (Å²) >= 11 is 0. The van der Waals surface area contributed by atoms with Crippen molar-refractivity contribution in [2.75, 3.05) is 23.4 Å². The number of aryl methyl sites for hydroxylation is 1. The summed E-state index contributed by atoms with van der Waals surface area (Å²) in [4.78, 5) is 2.14. The highest BCUT2D eigenvalue weighted by atomic mass is 19.1. The summed E-state index contributed by atoms with van der Waals surface area (Å²) in [5.74, 6) is -0.121. The summed E-state index contributed by atoms with van der Waals surface area (Å²) in [6, 6.07) is 13.5. The van der Waals surface area contributed by atoms with Gasteiger partial charge in [-0.05, 0) is 55.2 Å². The molecule has 0 saturated carbocycles. The minimum absolute atomic E-state index is 0.121. The van der Waals surface area contributed by atoms with Crippen molar-refractivity contribution in [3.63, 3.8) is 0 Å². The Morgan fingerprint density at radius 2 is 1.82 bits per heavy atom. The van der Waals surface area contributed by atoms with E-state index in [0.29, 0.717) is 6.54 Å².